The summed E-state index contributed by atoms with van der Waals surface area (Å²) in [6.45, 7) is 0. The van der Waals surface area contributed by atoms with E-state index in [-0.39, 0.29) is 47.4 Å². The number of nitrogens with one attached hydrogen (secondary N) is 1. The summed E-state index contributed by atoms with van der Waals surface area (Å²) in [6, 6.07) is 12.2. The van der Waals surface area contributed by atoms with E-state index in [1.54, 1.807) is 6.08 Å². The summed E-state index contributed by atoms with van der Waals surface area (Å²) in [6.07, 6.45) is -14.1. The molecule has 1 saturated carbocycles. The molecule has 4 amide bonds. The van der Waals surface area contributed by atoms with Crippen molar-refractivity contribution < 1.29 is 63.8 Å². The van der Waals surface area contributed by atoms with Crippen molar-refractivity contribution in [3.8, 4) is 5.75 Å². The third-order valence-electron chi connectivity index (χ3n) is 11.6. The van der Waals surface area contributed by atoms with E-state index in [1.807, 2.05) is 0 Å². The number of pyridine rings is 1. The van der Waals surface area contributed by atoms with E-state index >= 15 is 4.79 Å². The van der Waals surface area contributed by atoms with Gasteiger partial charge in [-0.25, -0.2) is 9.88 Å². The van der Waals surface area contributed by atoms with Crippen LogP contribution in [0, 0.1) is 23.7 Å². The standard InChI is InChI=1S/C40H25Cl2F9N4O5/c41-22-5-3-18(4-6-22)37-28(34(58)55(36(37)60)53-32-29(42)14-21(16-52-32)40(49,50)51)15-27-25(31(37)17-1-7-24(56)8-2-17)9-10-26-30(27)35(59)54(33(26)57)23-12-19(38(43,44)45)11-20(13-23)39(46,47)48/h1-9,11-14,16,26-28,30-31,56H,10,15H2,(H,52,53)/t26-,27+,28-,30-,31-,37+/m0/s1. The largest absolute Gasteiger partial charge is 0.508 e. The van der Waals surface area contributed by atoms with Crippen molar-refractivity contribution >= 4 is 58.3 Å². The molecule has 2 saturated heterocycles. The molecule has 4 aliphatic rings. The van der Waals surface area contributed by atoms with E-state index in [4.69, 9.17) is 23.2 Å². The number of hydrogen-bond acceptors (Lipinski definition) is 7. The number of phenolic OH excluding ortho intramolecular Hbond substituents is 1. The number of alkyl halides is 9. The summed E-state index contributed by atoms with van der Waals surface area (Å²) in [7, 11) is 0. The Balaban J connectivity index is 1.29. The van der Waals surface area contributed by atoms with Gasteiger partial charge in [0.2, 0.25) is 11.8 Å². The zero-order chi connectivity index (χ0) is 43.4. The average Bonchev–Trinajstić information content (AvgIpc) is 3.55. The third kappa shape index (κ3) is 6.45. The van der Waals surface area contributed by atoms with Crippen LogP contribution in [0.3, 0.4) is 0 Å². The van der Waals surface area contributed by atoms with Gasteiger partial charge in [-0.15, -0.1) is 0 Å². The molecule has 2 aliphatic carbocycles. The molecule has 20 heteroatoms. The molecule has 3 aromatic carbocycles. The van der Waals surface area contributed by atoms with Crippen LogP contribution in [0.15, 0.2) is 90.6 Å². The van der Waals surface area contributed by atoms with Gasteiger partial charge in [0, 0.05) is 17.1 Å². The second-order valence-corrected chi connectivity index (χ2v) is 15.6. The molecular formula is C40H25Cl2F9N4O5. The number of halogens is 11. The molecule has 6 atom stereocenters. The lowest BCUT2D eigenvalue weighted by Crippen LogP contribution is -2.53. The Bertz CT molecular complexity index is 2480. The quantitative estimate of drug-likeness (QED) is 0.117. The molecule has 8 rings (SSSR count). The number of phenols is 1. The Morgan fingerprint density at radius 2 is 1.33 bits per heavy atom. The van der Waals surface area contributed by atoms with E-state index in [1.165, 1.54) is 48.5 Å². The first-order chi connectivity index (χ1) is 28.0. The number of aromatic nitrogens is 1. The fourth-order valence-electron chi connectivity index (χ4n) is 9.15. The predicted octanol–water partition coefficient (Wildman–Crippen LogP) is 9.34. The highest BCUT2D eigenvalue weighted by Crippen LogP contribution is 2.64. The highest BCUT2D eigenvalue weighted by molar-refractivity contribution is 6.33. The van der Waals surface area contributed by atoms with Gasteiger partial charge >= 0.3 is 18.5 Å². The number of hydrazine groups is 1. The lowest BCUT2D eigenvalue weighted by molar-refractivity contribution is -0.143. The smallest absolute Gasteiger partial charge is 0.417 e. The number of aromatic hydroxyl groups is 1. The number of anilines is 2. The van der Waals surface area contributed by atoms with Crippen molar-refractivity contribution in [3.63, 3.8) is 0 Å². The summed E-state index contributed by atoms with van der Waals surface area (Å²) in [5, 5.41) is 10.4. The summed E-state index contributed by atoms with van der Waals surface area (Å²) >= 11 is 12.4. The Labute approximate surface area is 342 Å². The SMILES string of the molecule is O=C1[C@@H]2C[C@@H]3C(=CC[C@@H]4C(=O)N(c5cc(C(F)(F)F)cc(C(F)(F)F)c5)C(=O)[C@@H]43)[C@H](c3ccc(O)cc3)[C@]2(c2ccc(Cl)cc2)C(=O)N1Nc1ncc(C(F)(F)F)cc1Cl. The van der Waals surface area contributed by atoms with Gasteiger partial charge in [0.1, 0.15) is 5.75 Å². The Morgan fingerprint density at radius 1 is 0.733 bits per heavy atom. The van der Waals surface area contributed by atoms with Crippen LogP contribution >= 0.6 is 23.2 Å². The van der Waals surface area contributed by atoms with Crippen molar-refractivity contribution in [1.82, 2.24) is 9.99 Å². The second kappa shape index (κ2) is 14.0. The van der Waals surface area contributed by atoms with E-state index in [2.05, 4.69) is 10.4 Å². The van der Waals surface area contributed by atoms with Crippen molar-refractivity contribution in [3.05, 3.63) is 129 Å². The van der Waals surface area contributed by atoms with Gasteiger partial charge in [-0.3, -0.25) is 24.6 Å². The molecule has 0 unspecified atom stereocenters. The lowest BCUT2D eigenvalue weighted by Gasteiger charge is -2.50. The van der Waals surface area contributed by atoms with Crippen LogP contribution in [0.25, 0.3) is 0 Å². The Morgan fingerprint density at radius 3 is 1.90 bits per heavy atom. The van der Waals surface area contributed by atoms with E-state index in [0.29, 0.717) is 33.3 Å². The molecule has 3 fully saturated rings. The zero-order valence-electron chi connectivity index (χ0n) is 30.0. The number of carbonyl (C=O) groups excluding carboxylic acids is 4. The first-order valence-corrected chi connectivity index (χ1v) is 18.6. The fraction of sp³-hybridized carbons (Fsp3) is 0.275. The van der Waals surface area contributed by atoms with Crippen LogP contribution in [0.2, 0.25) is 10.0 Å². The van der Waals surface area contributed by atoms with Gasteiger partial charge in [0.15, 0.2) is 5.82 Å². The van der Waals surface area contributed by atoms with Crippen LogP contribution in [0.1, 0.15) is 46.6 Å². The number of carbonyl (C=O) groups is 4. The first kappa shape index (κ1) is 41.1. The second-order valence-electron chi connectivity index (χ2n) is 14.8. The average molecular weight is 884 g/mol. The summed E-state index contributed by atoms with van der Waals surface area (Å²) in [5.74, 6) is -11.4. The van der Waals surface area contributed by atoms with Crippen LogP contribution in [-0.2, 0) is 43.1 Å². The van der Waals surface area contributed by atoms with Crippen molar-refractivity contribution in [2.75, 3.05) is 10.3 Å². The van der Waals surface area contributed by atoms with E-state index < -0.39 is 110 Å². The fourth-order valence-corrected chi connectivity index (χ4v) is 9.48. The minimum Gasteiger partial charge on any atom is -0.508 e. The molecule has 1 aromatic heterocycles. The van der Waals surface area contributed by atoms with Gasteiger partial charge in [0.25, 0.3) is 11.8 Å². The maximum absolute atomic E-state index is 15.2. The molecule has 0 bridgehead atoms. The third-order valence-corrected chi connectivity index (χ3v) is 12.2. The van der Waals surface area contributed by atoms with Crippen molar-refractivity contribution in [1.29, 1.82) is 0 Å². The molecule has 4 aromatic rings. The molecule has 0 radical (unpaired) electrons. The highest BCUT2D eigenvalue weighted by Gasteiger charge is 2.70. The van der Waals surface area contributed by atoms with Gasteiger partial charge in [0.05, 0.1) is 50.6 Å². The van der Waals surface area contributed by atoms with Gasteiger partial charge < -0.3 is 5.11 Å². The van der Waals surface area contributed by atoms with Crippen LogP contribution in [0.5, 0.6) is 5.75 Å². The number of benzene rings is 3. The van der Waals surface area contributed by atoms with Gasteiger partial charge in [-0.1, -0.05) is 59.1 Å². The molecular weight excluding hydrogens is 858 g/mol. The Kier molecular flexibility index (Phi) is 9.58. The highest BCUT2D eigenvalue weighted by atomic mass is 35.5. The molecule has 9 nitrogen and oxygen atoms in total. The van der Waals surface area contributed by atoms with Crippen LogP contribution in [0.4, 0.5) is 51.0 Å². The van der Waals surface area contributed by atoms with Gasteiger partial charge in [-0.05, 0) is 78.4 Å². The maximum atomic E-state index is 15.2. The van der Waals surface area contributed by atoms with E-state index in [0.717, 1.165) is 0 Å². The number of allylic oxidation sites excluding steroid dienone is 2. The maximum Gasteiger partial charge on any atom is 0.417 e. The van der Waals surface area contributed by atoms with Crippen molar-refractivity contribution in [2.45, 2.75) is 42.7 Å². The summed E-state index contributed by atoms with van der Waals surface area (Å²) < 4.78 is 124. The summed E-state index contributed by atoms with van der Waals surface area (Å²) in [5.41, 5.74) is -4.36. The number of hydrogen-bond donors (Lipinski definition) is 2. The number of imide groups is 2. The topological polar surface area (TPSA) is 120 Å². The number of nitrogens with zero attached hydrogens (tertiary/aromatic N) is 3. The molecule has 60 heavy (non-hydrogen) atoms. The predicted molar refractivity (Wildman–Crippen MR) is 194 cm³/mol. The molecule has 312 valence electrons. The van der Waals surface area contributed by atoms with E-state index in [9.17, 15) is 59.0 Å². The number of fused-ring (bicyclic) bond motifs is 4. The molecule has 2 aliphatic heterocycles. The minimum absolute atomic E-state index is 0.142. The minimum atomic E-state index is -5.30. The molecule has 3 heterocycles. The van der Waals surface area contributed by atoms with Gasteiger partial charge in [-0.2, -0.15) is 44.5 Å². The van der Waals surface area contributed by atoms with Crippen LogP contribution < -0.4 is 10.3 Å². The Hall–Kier alpha value is -5.62. The molecule has 0 spiro atoms. The summed E-state index contributed by atoms with van der Waals surface area (Å²) in [4.78, 5) is 62.4. The van der Waals surface area contributed by atoms with Crippen molar-refractivity contribution in [2.24, 2.45) is 23.7 Å². The van der Waals surface area contributed by atoms with Crippen LogP contribution in [-0.4, -0.2) is 38.7 Å². The zero-order valence-corrected chi connectivity index (χ0v) is 31.5. The number of amides is 4. The first-order valence-electron chi connectivity index (χ1n) is 17.8. The molecule has 2 N–H and O–H groups in total. The monoisotopic (exact) mass is 882 g/mol. The lowest BCUT2D eigenvalue weighted by atomic mass is 9.49. The normalized spacial score (nSPS) is 25.6. The number of rotatable bonds is 5.